The minimum absolute atomic E-state index is 0.0529. The van der Waals surface area contributed by atoms with Crippen molar-refractivity contribution in [2.75, 3.05) is 50.8 Å². The van der Waals surface area contributed by atoms with E-state index in [1.165, 1.54) is 23.5 Å². The molecule has 0 spiro atoms. The fraction of sp³-hybridized carbons (Fsp3) is 0.500. The number of aromatic nitrogens is 1. The lowest BCUT2D eigenvalue weighted by atomic mass is 9.99. The Labute approximate surface area is 160 Å². The molecule has 27 heavy (non-hydrogen) atoms. The number of benzene rings is 1. The van der Waals surface area contributed by atoms with Crippen LogP contribution in [-0.4, -0.2) is 72.7 Å². The van der Waals surface area contributed by atoms with Crippen LogP contribution in [0.1, 0.15) is 6.92 Å². The average Bonchev–Trinajstić information content (AvgIpc) is 3.03. The van der Waals surface area contributed by atoms with Crippen LogP contribution in [0.25, 0.3) is 10.2 Å². The van der Waals surface area contributed by atoms with Crippen molar-refractivity contribution in [2.24, 2.45) is 5.92 Å². The number of nitrogens with zero attached hydrogens (tertiary/aromatic N) is 4. The van der Waals surface area contributed by atoms with Crippen molar-refractivity contribution in [3.8, 4) is 0 Å². The first-order chi connectivity index (χ1) is 13.0. The molecule has 2 aliphatic heterocycles. The molecule has 144 valence electrons. The first-order valence-electron chi connectivity index (χ1n) is 9.06. The molecule has 0 N–H and O–H groups in total. The molecule has 0 atom stereocenters. The predicted molar refractivity (Wildman–Crippen MR) is 100 cm³/mol. The highest BCUT2D eigenvalue weighted by atomic mass is 32.1. The number of ether oxygens (including phenoxy) is 1. The molecule has 1 aromatic heterocycles. The van der Waals surface area contributed by atoms with E-state index in [-0.39, 0.29) is 23.7 Å². The lowest BCUT2D eigenvalue weighted by Crippen LogP contribution is -2.58. The van der Waals surface area contributed by atoms with Gasteiger partial charge in [-0.3, -0.25) is 4.79 Å². The zero-order valence-corrected chi connectivity index (χ0v) is 15.9. The van der Waals surface area contributed by atoms with Crippen LogP contribution in [0.4, 0.5) is 14.3 Å². The third-order valence-electron chi connectivity index (χ3n) is 4.96. The Morgan fingerprint density at radius 1 is 1.22 bits per heavy atom. The highest BCUT2D eigenvalue weighted by Gasteiger charge is 2.38. The number of hydrogen-bond acceptors (Lipinski definition) is 6. The Kier molecular flexibility index (Phi) is 4.86. The molecule has 1 aromatic carbocycles. The van der Waals surface area contributed by atoms with Crippen LogP contribution >= 0.6 is 11.3 Å². The summed E-state index contributed by atoms with van der Waals surface area (Å²) in [5, 5.41) is 0.826. The second-order valence-corrected chi connectivity index (χ2v) is 7.73. The largest absolute Gasteiger partial charge is 0.450 e. The number of rotatable bonds is 3. The number of anilines is 1. The maximum absolute atomic E-state index is 13.3. The lowest BCUT2D eigenvalue weighted by Gasteiger charge is -2.42. The van der Waals surface area contributed by atoms with Gasteiger partial charge in [0.05, 0.1) is 22.7 Å². The summed E-state index contributed by atoms with van der Waals surface area (Å²) in [6.45, 7) is 5.46. The van der Waals surface area contributed by atoms with E-state index >= 15 is 0 Å². The van der Waals surface area contributed by atoms with E-state index in [2.05, 4.69) is 9.88 Å². The van der Waals surface area contributed by atoms with E-state index in [1.54, 1.807) is 17.9 Å². The second kappa shape index (κ2) is 7.30. The van der Waals surface area contributed by atoms with Crippen molar-refractivity contribution < 1.29 is 18.7 Å². The molecule has 2 saturated heterocycles. The molecule has 0 saturated carbocycles. The standard InChI is InChI=1S/C18H21FN4O3S/c1-2-26-18(25)22-7-5-21(6-8-22)16(24)12-10-23(11-12)17-20-14-4-3-13(19)9-15(14)27-17/h3-4,9,12H,2,5-8,10-11H2,1H3. The summed E-state index contributed by atoms with van der Waals surface area (Å²) in [7, 11) is 0. The first kappa shape index (κ1) is 18.0. The minimum Gasteiger partial charge on any atom is -0.450 e. The SMILES string of the molecule is CCOC(=O)N1CCN(C(=O)C2CN(c3nc4ccc(F)cc4s3)C2)CC1. The smallest absolute Gasteiger partial charge is 0.409 e. The Hall–Kier alpha value is -2.42. The number of piperazine rings is 1. The van der Waals surface area contributed by atoms with Crippen LogP contribution in [0.15, 0.2) is 18.2 Å². The number of fused-ring (bicyclic) bond motifs is 1. The van der Waals surface area contributed by atoms with E-state index in [0.29, 0.717) is 45.9 Å². The van der Waals surface area contributed by atoms with Crippen molar-refractivity contribution in [1.82, 2.24) is 14.8 Å². The van der Waals surface area contributed by atoms with Crippen molar-refractivity contribution in [3.05, 3.63) is 24.0 Å². The summed E-state index contributed by atoms with van der Waals surface area (Å²) in [5.41, 5.74) is 0.779. The molecule has 0 unspecified atom stereocenters. The van der Waals surface area contributed by atoms with Crippen LogP contribution in [0.3, 0.4) is 0 Å². The van der Waals surface area contributed by atoms with Crippen molar-refractivity contribution >= 4 is 38.7 Å². The summed E-state index contributed by atoms with van der Waals surface area (Å²) in [6.07, 6.45) is -0.313. The van der Waals surface area contributed by atoms with Gasteiger partial charge in [0, 0.05) is 39.3 Å². The molecule has 0 aliphatic carbocycles. The predicted octanol–water partition coefficient (Wildman–Crippen LogP) is 2.17. The van der Waals surface area contributed by atoms with Gasteiger partial charge in [-0.1, -0.05) is 11.3 Å². The number of carbonyl (C=O) groups excluding carboxylic acids is 2. The molecule has 3 heterocycles. The molecular formula is C18H21FN4O3S. The van der Waals surface area contributed by atoms with E-state index in [1.807, 2.05) is 4.90 Å². The zero-order chi connectivity index (χ0) is 19.0. The Balaban J connectivity index is 1.30. The third kappa shape index (κ3) is 3.55. The van der Waals surface area contributed by atoms with Crippen molar-refractivity contribution in [1.29, 1.82) is 0 Å². The van der Waals surface area contributed by atoms with Gasteiger partial charge in [-0.15, -0.1) is 0 Å². The van der Waals surface area contributed by atoms with Gasteiger partial charge in [-0.25, -0.2) is 14.2 Å². The zero-order valence-electron chi connectivity index (χ0n) is 15.1. The molecule has 4 rings (SSSR count). The van der Waals surface area contributed by atoms with Gasteiger partial charge in [0.25, 0.3) is 0 Å². The molecule has 2 amide bonds. The Morgan fingerprint density at radius 3 is 2.63 bits per heavy atom. The van der Waals surface area contributed by atoms with E-state index < -0.39 is 0 Å². The van der Waals surface area contributed by atoms with E-state index in [9.17, 15) is 14.0 Å². The average molecular weight is 392 g/mol. The van der Waals surface area contributed by atoms with Gasteiger partial charge >= 0.3 is 6.09 Å². The summed E-state index contributed by atoms with van der Waals surface area (Å²) in [5.74, 6) is -0.193. The van der Waals surface area contributed by atoms with Crippen LogP contribution in [0.2, 0.25) is 0 Å². The normalized spacial score (nSPS) is 17.9. The monoisotopic (exact) mass is 392 g/mol. The van der Waals surface area contributed by atoms with E-state index in [4.69, 9.17) is 4.74 Å². The summed E-state index contributed by atoms with van der Waals surface area (Å²) in [6, 6.07) is 4.57. The number of halogens is 1. The van der Waals surface area contributed by atoms with Crippen molar-refractivity contribution in [3.63, 3.8) is 0 Å². The van der Waals surface area contributed by atoms with Gasteiger partial charge < -0.3 is 19.4 Å². The summed E-state index contributed by atoms with van der Waals surface area (Å²) < 4.78 is 19.1. The van der Waals surface area contributed by atoms with Gasteiger partial charge in [-0.2, -0.15) is 0 Å². The number of carbonyl (C=O) groups is 2. The summed E-state index contributed by atoms with van der Waals surface area (Å²) in [4.78, 5) is 34.5. The molecule has 2 aromatic rings. The first-order valence-corrected chi connectivity index (χ1v) is 9.88. The molecule has 2 aliphatic rings. The summed E-state index contributed by atoms with van der Waals surface area (Å²) >= 11 is 1.44. The maximum atomic E-state index is 13.3. The van der Waals surface area contributed by atoms with E-state index in [0.717, 1.165) is 15.3 Å². The quantitative estimate of drug-likeness (QED) is 0.801. The van der Waals surface area contributed by atoms with Crippen LogP contribution in [-0.2, 0) is 9.53 Å². The molecule has 9 heteroatoms. The number of thiazole rings is 1. The van der Waals surface area contributed by atoms with Crippen molar-refractivity contribution in [2.45, 2.75) is 6.92 Å². The molecule has 2 fully saturated rings. The molecule has 7 nitrogen and oxygen atoms in total. The number of hydrogen-bond donors (Lipinski definition) is 0. The molecule has 0 radical (unpaired) electrons. The van der Waals surface area contributed by atoms with Gasteiger partial charge in [0.2, 0.25) is 5.91 Å². The Morgan fingerprint density at radius 2 is 1.93 bits per heavy atom. The molecule has 0 bridgehead atoms. The topological polar surface area (TPSA) is 66.0 Å². The highest BCUT2D eigenvalue weighted by molar-refractivity contribution is 7.22. The maximum Gasteiger partial charge on any atom is 0.409 e. The molecular weight excluding hydrogens is 371 g/mol. The van der Waals surface area contributed by atoms with Gasteiger partial charge in [0.15, 0.2) is 5.13 Å². The third-order valence-corrected chi connectivity index (χ3v) is 6.04. The minimum atomic E-state index is -0.313. The number of amides is 2. The fourth-order valence-corrected chi connectivity index (χ4v) is 4.40. The fourth-order valence-electron chi connectivity index (χ4n) is 3.39. The lowest BCUT2D eigenvalue weighted by molar-refractivity contribution is -0.138. The second-order valence-electron chi connectivity index (χ2n) is 6.72. The van der Waals surface area contributed by atoms with Crippen LogP contribution in [0, 0.1) is 11.7 Å². The van der Waals surface area contributed by atoms with Crippen LogP contribution < -0.4 is 4.90 Å². The van der Waals surface area contributed by atoms with Crippen LogP contribution in [0.5, 0.6) is 0 Å². The highest BCUT2D eigenvalue weighted by Crippen LogP contribution is 2.33. The Bertz CT molecular complexity index is 859. The van der Waals surface area contributed by atoms with Gasteiger partial charge in [-0.05, 0) is 25.1 Å². The van der Waals surface area contributed by atoms with Gasteiger partial charge in [0.1, 0.15) is 5.82 Å².